The number of ether oxygens (including phenoxy) is 1. The highest BCUT2D eigenvalue weighted by molar-refractivity contribution is 9.11. The largest absolute Gasteiger partial charge is 0.497 e. The average molecular weight is 402 g/mol. The Morgan fingerprint density at radius 2 is 1.80 bits per heavy atom. The molecule has 2 nitrogen and oxygen atoms in total. The summed E-state index contributed by atoms with van der Waals surface area (Å²) >= 11 is 6.72. The molecule has 0 atom stereocenters. The molecule has 0 heterocycles. The van der Waals surface area contributed by atoms with Crippen LogP contribution in [0, 0.1) is 12.7 Å². The summed E-state index contributed by atoms with van der Waals surface area (Å²) < 4.78 is 20.3. The Bertz CT molecular complexity index is 684. The van der Waals surface area contributed by atoms with Gasteiger partial charge in [-0.05, 0) is 36.8 Å². The molecule has 2 aromatic carbocycles. The first-order valence-corrected chi connectivity index (χ1v) is 7.36. The highest BCUT2D eigenvalue weighted by Crippen LogP contribution is 2.28. The molecule has 0 bridgehead atoms. The van der Waals surface area contributed by atoms with Gasteiger partial charge in [-0.3, -0.25) is 4.79 Å². The van der Waals surface area contributed by atoms with Crippen LogP contribution in [0.1, 0.15) is 21.5 Å². The van der Waals surface area contributed by atoms with Gasteiger partial charge in [0.05, 0.1) is 12.7 Å². The van der Waals surface area contributed by atoms with E-state index >= 15 is 0 Å². The molecule has 0 aliphatic carbocycles. The molecule has 104 valence electrons. The highest BCUT2D eigenvalue weighted by Gasteiger charge is 2.18. The molecule has 0 amide bonds. The molecule has 0 aliphatic rings. The van der Waals surface area contributed by atoms with E-state index in [2.05, 4.69) is 31.9 Å². The molecule has 0 fully saturated rings. The molecule has 0 N–H and O–H groups in total. The second kappa shape index (κ2) is 6.06. The number of benzene rings is 2. The Kier molecular flexibility index (Phi) is 4.60. The molecule has 0 spiro atoms. The third-order valence-electron chi connectivity index (χ3n) is 2.91. The van der Waals surface area contributed by atoms with E-state index in [4.69, 9.17) is 4.74 Å². The molecule has 0 aromatic heterocycles. The van der Waals surface area contributed by atoms with Crippen molar-refractivity contribution in [1.82, 2.24) is 0 Å². The van der Waals surface area contributed by atoms with Gasteiger partial charge < -0.3 is 4.74 Å². The Morgan fingerprint density at radius 3 is 2.40 bits per heavy atom. The lowest BCUT2D eigenvalue weighted by Crippen LogP contribution is -2.06. The van der Waals surface area contributed by atoms with Crippen molar-refractivity contribution in [3.8, 4) is 5.75 Å². The first-order valence-electron chi connectivity index (χ1n) is 5.78. The van der Waals surface area contributed by atoms with Crippen molar-refractivity contribution >= 4 is 37.6 Å². The lowest BCUT2D eigenvalue weighted by Gasteiger charge is -2.09. The quantitative estimate of drug-likeness (QED) is 0.683. The predicted molar refractivity (Wildman–Crippen MR) is 83.0 cm³/mol. The van der Waals surface area contributed by atoms with Crippen LogP contribution in [-0.2, 0) is 0 Å². The van der Waals surface area contributed by atoms with Crippen LogP contribution in [0.3, 0.4) is 0 Å². The fourth-order valence-electron chi connectivity index (χ4n) is 1.77. The molecule has 2 rings (SSSR count). The maximum atomic E-state index is 14.0. The molecule has 0 saturated carbocycles. The maximum Gasteiger partial charge on any atom is 0.197 e. The zero-order chi connectivity index (χ0) is 14.9. The molecule has 0 radical (unpaired) electrons. The van der Waals surface area contributed by atoms with Crippen molar-refractivity contribution in [2.75, 3.05) is 7.11 Å². The zero-order valence-electron chi connectivity index (χ0n) is 10.8. The number of ketones is 1. The van der Waals surface area contributed by atoms with E-state index in [1.807, 2.05) is 13.0 Å². The number of hydrogen-bond acceptors (Lipinski definition) is 2. The van der Waals surface area contributed by atoms with E-state index in [1.165, 1.54) is 19.2 Å². The maximum absolute atomic E-state index is 14.0. The summed E-state index contributed by atoms with van der Waals surface area (Å²) in [5, 5.41) is 0. The van der Waals surface area contributed by atoms with E-state index in [1.54, 1.807) is 12.1 Å². The number of methoxy groups -OCH3 is 1. The van der Waals surface area contributed by atoms with Gasteiger partial charge in [0.25, 0.3) is 0 Å². The van der Waals surface area contributed by atoms with E-state index < -0.39 is 5.82 Å². The van der Waals surface area contributed by atoms with E-state index in [-0.39, 0.29) is 11.3 Å². The molecular formula is C15H11Br2FO2. The van der Waals surface area contributed by atoms with Crippen molar-refractivity contribution in [2.45, 2.75) is 6.92 Å². The average Bonchev–Trinajstić information content (AvgIpc) is 2.42. The lowest BCUT2D eigenvalue weighted by molar-refractivity contribution is 0.103. The van der Waals surface area contributed by atoms with Crippen molar-refractivity contribution in [3.05, 3.63) is 61.8 Å². The van der Waals surface area contributed by atoms with Crippen LogP contribution in [0.15, 0.2) is 39.3 Å². The van der Waals surface area contributed by atoms with Gasteiger partial charge in [0.15, 0.2) is 5.78 Å². The predicted octanol–water partition coefficient (Wildman–Crippen LogP) is 4.90. The second-order valence-electron chi connectivity index (χ2n) is 4.26. The van der Waals surface area contributed by atoms with Gasteiger partial charge in [0, 0.05) is 20.6 Å². The number of carbonyl (C=O) groups excluding carboxylic acids is 1. The summed E-state index contributed by atoms with van der Waals surface area (Å²) in [5.41, 5.74) is 1.41. The van der Waals surface area contributed by atoms with Gasteiger partial charge in [-0.1, -0.05) is 31.9 Å². The number of rotatable bonds is 3. The first kappa shape index (κ1) is 15.2. The topological polar surface area (TPSA) is 26.3 Å². The van der Waals surface area contributed by atoms with Crippen LogP contribution in [0.5, 0.6) is 5.75 Å². The van der Waals surface area contributed by atoms with E-state index in [9.17, 15) is 9.18 Å². The minimum Gasteiger partial charge on any atom is -0.497 e. The molecule has 0 saturated heterocycles. The highest BCUT2D eigenvalue weighted by atomic mass is 79.9. The normalized spacial score (nSPS) is 10.4. The van der Waals surface area contributed by atoms with Gasteiger partial charge in [0.1, 0.15) is 11.6 Å². The summed E-state index contributed by atoms with van der Waals surface area (Å²) in [6, 6.07) is 7.69. The Hall–Kier alpha value is -1.20. The number of aryl methyl sites for hydroxylation is 1. The van der Waals surface area contributed by atoms with Crippen molar-refractivity contribution in [3.63, 3.8) is 0 Å². The Morgan fingerprint density at radius 1 is 1.10 bits per heavy atom. The number of carbonyl (C=O) groups is 1. The third-order valence-corrected chi connectivity index (χ3v) is 4.42. The van der Waals surface area contributed by atoms with Gasteiger partial charge >= 0.3 is 0 Å². The smallest absolute Gasteiger partial charge is 0.197 e. The number of halogens is 3. The molecule has 5 heteroatoms. The van der Waals surface area contributed by atoms with Crippen molar-refractivity contribution in [1.29, 1.82) is 0 Å². The van der Waals surface area contributed by atoms with Gasteiger partial charge in [-0.25, -0.2) is 4.39 Å². The first-order chi connectivity index (χ1) is 9.43. The van der Waals surface area contributed by atoms with Crippen LogP contribution in [-0.4, -0.2) is 12.9 Å². The second-order valence-corrected chi connectivity index (χ2v) is 5.96. The molecule has 0 aliphatic heterocycles. The zero-order valence-corrected chi connectivity index (χ0v) is 14.0. The van der Waals surface area contributed by atoms with Gasteiger partial charge in [-0.2, -0.15) is 0 Å². The van der Waals surface area contributed by atoms with Crippen LogP contribution < -0.4 is 4.74 Å². The summed E-state index contributed by atoms with van der Waals surface area (Å²) in [6.45, 7) is 1.91. The van der Waals surface area contributed by atoms with Gasteiger partial charge in [-0.15, -0.1) is 0 Å². The standard InChI is InChI=1S/C15H11Br2FO2/c1-8-5-13(17)11(7-12(8)16)15(19)10-4-3-9(20-2)6-14(10)18/h3-7H,1-2H3. The summed E-state index contributed by atoms with van der Waals surface area (Å²) in [5.74, 6) is -0.598. The SMILES string of the molecule is COc1ccc(C(=O)c2cc(Br)c(C)cc2Br)c(F)c1. The summed E-state index contributed by atoms with van der Waals surface area (Å²) in [7, 11) is 1.45. The van der Waals surface area contributed by atoms with Crippen LogP contribution in [0.2, 0.25) is 0 Å². The molecular weight excluding hydrogens is 391 g/mol. The minimum absolute atomic E-state index is 0.0160. The molecule has 20 heavy (non-hydrogen) atoms. The van der Waals surface area contributed by atoms with Gasteiger partial charge in [0.2, 0.25) is 0 Å². The molecule has 0 unspecified atom stereocenters. The van der Waals surface area contributed by atoms with Crippen LogP contribution >= 0.6 is 31.9 Å². The fourth-order valence-corrected chi connectivity index (χ4v) is 2.75. The Labute approximate surface area is 133 Å². The Balaban J connectivity index is 2.49. The monoisotopic (exact) mass is 400 g/mol. The van der Waals surface area contributed by atoms with Crippen LogP contribution in [0.4, 0.5) is 4.39 Å². The summed E-state index contributed by atoms with van der Waals surface area (Å²) in [6.07, 6.45) is 0. The van der Waals surface area contributed by atoms with Crippen molar-refractivity contribution < 1.29 is 13.9 Å². The van der Waals surface area contributed by atoms with Crippen molar-refractivity contribution in [2.24, 2.45) is 0 Å². The summed E-state index contributed by atoms with van der Waals surface area (Å²) in [4.78, 5) is 12.4. The van der Waals surface area contributed by atoms with Crippen LogP contribution in [0.25, 0.3) is 0 Å². The van der Waals surface area contributed by atoms with E-state index in [0.717, 1.165) is 10.0 Å². The lowest BCUT2D eigenvalue weighted by atomic mass is 10.0. The third kappa shape index (κ3) is 2.94. The minimum atomic E-state index is -0.599. The number of hydrogen-bond donors (Lipinski definition) is 0. The van der Waals surface area contributed by atoms with E-state index in [0.29, 0.717) is 15.8 Å². The molecule has 2 aromatic rings. The fraction of sp³-hybridized carbons (Fsp3) is 0.133.